The Labute approximate surface area is 164 Å². The van der Waals surface area contributed by atoms with Gasteiger partial charge in [0, 0.05) is 6.08 Å². The fraction of sp³-hybridized carbons (Fsp3) is 0.273. The molecule has 1 aliphatic rings. The number of esters is 1. The van der Waals surface area contributed by atoms with E-state index in [-0.39, 0.29) is 18.6 Å². The highest BCUT2D eigenvalue weighted by Gasteiger charge is 2.23. The maximum Gasteiger partial charge on any atom is 0.331 e. The molecule has 2 aromatic rings. The molecular weight excluding hydrogens is 358 g/mol. The van der Waals surface area contributed by atoms with Gasteiger partial charge in [0.05, 0.1) is 20.3 Å². The molecular formula is C22H23NO5. The number of benzene rings is 2. The molecule has 0 aliphatic heterocycles. The topological polar surface area (TPSA) is 73.9 Å². The van der Waals surface area contributed by atoms with Crippen molar-refractivity contribution in [3.63, 3.8) is 0 Å². The molecule has 2 aromatic carbocycles. The summed E-state index contributed by atoms with van der Waals surface area (Å²) in [5.74, 6) is 0.271. The SMILES string of the molecule is COc1ccc(/C=C/C(=O)OCC(=O)N[C@@H]2CCc3ccccc32)cc1OC. The molecule has 3 rings (SSSR count). The third-order valence-corrected chi connectivity index (χ3v) is 4.63. The second kappa shape index (κ2) is 9.08. The summed E-state index contributed by atoms with van der Waals surface area (Å²) < 4.78 is 15.4. The quantitative estimate of drug-likeness (QED) is 0.589. The monoisotopic (exact) mass is 381 g/mol. The van der Waals surface area contributed by atoms with E-state index in [0.717, 1.165) is 24.0 Å². The maximum atomic E-state index is 12.1. The van der Waals surface area contributed by atoms with Gasteiger partial charge in [-0.3, -0.25) is 4.79 Å². The van der Waals surface area contributed by atoms with E-state index in [4.69, 9.17) is 14.2 Å². The minimum atomic E-state index is -0.586. The van der Waals surface area contributed by atoms with Gasteiger partial charge in [-0.25, -0.2) is 4.79 Å². The summed E-state index contributed by atoms with van der Waals surface area (Å²) in [6.07, 6.45) is 4.67. The number of fused-ring (bicyclic) bond motifs is 1. The smallest absolute Gasteiger partial charge is 0.331 e. The number of methoxy groups -OCH3 is 2. The van der Waals surface area contributed by atoms with Crippen LogP contribution in [0.1, 0.15) is 29.2 Å². The van der Waals surface area contributed by atoms with Crippen LogP contribution in [0.5, 0.6) is 11.5 Å². The molecule has 1 atom stereocenters. The third-order valence-electron chi connectivity index (χ3n) is 4.63. The Hall–Kier alpha value is -3.28. The first kappa shape index (κ1) is 19.5. The molecule has 0 spiro atoms. The number of aryl methyl sites for hydroxylation is 1. The summed E-state index contributed by atoms with van der Waals surface area (Å²) in [7, 11) is 3.10. The normalized spacial score (nSPS) is 15.1. The van der Waals surface area contributed by atoms with Crippen molar-refractivity contribution in [1.29, 1.82) is 0 Å². The largest absolute Gasteiger partial charge is 0.493 e. The Kier molecular flexibility index (Phi) is 6.32. The van der Waals surface area contributed by atoms with Crippen molar-refractivity contribution in [2.45, 2.75) is 18.9 Å². The average Bonchev–Trinajstić information content (AvgIpc) is 3.13. The molecule has 6 heteroatoms. The Morgan fingerprint density at radius 1 is 1.11 bits per heavy atom. The second-order valence-corrected chi connectivity index (χ2v) is 6.41. The zero-order chi connectivity index (χ0) is 19.9. The average molecular weight is 381 g/mol. The minimum absolute atomic E-state index is 0.0234. The molecule has 1 amide bonds. The summed E-state index contributed by atoms with van der Waals surface area (Å²) in [6.45, 7) is -0.312. The van der Waals surface area contributed by atoms with Crippen LogP contribution in [-0.4, -0.2) is 32.7 Å². The van der Waals surface area contributed by atoms with Gasteiger partial charge in [-0.05, 0) is 47.7 Å². The van der Waals surface area contributed by atoms with Gasteiger partial charge in [-0.2, -0.15) is 0 Å². The van der Waals surface area contributed by atoms with Crippen LogP contribution < -0.4 is 14.8 Å². The van der Waals surface area contributed by atoms with Crippen molar-refractivity contribution in [2.24, 2.45) is 0 Å². The van der Waals surface area contributed by atoms with Gasteiger partial charge >= 0.3 is 5.97 Å². The Balaban J connectivity index is 1.49. The molecule has 1 aliphatic carbocycles. The van der Waals surface area contributed by atoms with E-state index in [2.05, 4.69) is 11.4 Å². The molecule has 1 N–H and O–H groups in total. The summed E-state index contributed by atoms with van der Waals surface area (Å²) in [4.78, 5) is 24.0. The highest BCUT2D eigenvalue weighted by molar-refractivity contribution is 5.89. The molecule has 0 unspecified atom stereocenters. The van der Waals surface area contributed by atoms with Gasteiger partial charge in [0.1, 0.15) is 0 Å². The predicted octanol–water partition coefficient (Wildman–Crippen LogP) is 3.06. The van der Waals surface area contributed by atoms with E-state index < -0.39 is 5.97 Å². The van der Waals surface area contributed by atoms with Crippen molar-refractivity contribution in [3.8, 4) is 11.5 Å². The molecule has 146 valence electrons. The van der Waals surface area contributed by atoms with Crippen LogP contribution in [0.2, 0.25) is 0 Å². The first-order valence-electron chi connectivity index (χ1n) is 9.04. The molecule has 0 fully saturated rings. The number of rotatable bonds is 7. The zero-order valence-corrected chi connectivity index (χ0v) is 15.9. The standard InChI is InChI=1S/C22H23NO5/c1-26-19-11-7-15(13-20(19)27-2)8-12-22(25)28-14-21(24)23-18-10-9-16-5-3-4-6-17(16)18/h3-8,11-13,18H,9-10,14H2,1-2H3,(H,23,24)/b12-8+/t18-/m1/s1. The van der Waals surface area contributed by atoms with E-state index in [0.29, 0.717) is 11.5 Å². The third kappa shape index (κ3) is 4.71. The molecule has 0 bridgehead atoms. The number of hydrogen-bond acceptors (Lipinski definition) is 5. The molecule has 28 heavy (non-hydrogen) atoms. The fourth-order valence-corrected chi connectivity index (χ4v) is 3.25. The number of hydrogen-bond donors (Lipinski definition) is 1. The number of carbonyl (C=O) groups is 2. The number of amides is 1. The minimum Gasteiger partial charge on any atom is -0.493 e. The van der Waals surface area contributed by atoms with E-state index in [1.54, 1.807) is 38.5 Å². The summed E-state index contributed by atoms with van der Waals surface area (Å²) in [5.41, 5.74) is 3.14. The van der Waals surface area contributed by atoms with Gasteiger partial charge < -0.3 is 19.5 Å². The van der Waals surface area contributed by atoms with Crippen LogP contribution in [0.15, 0.2) is 48.5 Å². The lowest BCUT2D eigenvalue weighted by Crippen LogP contribution is -2.31. The summed E-state index contributed by atoms with van der Waals surface area (Å²) in [6, 6.07) is 13.3. The fourth-order valence-electron chi connectivity index (χ4n) is 3.25. The van der Waals surface area contributed by atoms with E-state index in [1.165, 1.54) is 11.6 Å². The van der Waals surface area contributed by atoms with Crippen LogP contribution in [0.4, 0.5) is 0 Å². The lowest BCUT2D eigenvalue weighted by Gasteiger charge is -2.13. The van der Waals surface area contributed by atoms with Crippen LogP contribution in [-0.2, 0) is 20.7 Å². The van der Waals surface area contributed by atoms with Gasteiger partial charge in [0.25, 0.3) is 5.91 Å². The van der Waals surface area contributed by atoms with Crippen LogP contribution in [0, 0.1) is 0 Å². The van der Waals surface area contributed by atoms with E-state index in [9.17, 15) is 9.59 Å². The predicted molar refractivity (Wildman–Crippen MR) is 105 cm³/mol. The second-order valence-electron chi connectivity index (χ2n) is 6.41. The van der Waals surface area contributed by atoms with Crippen molar-refractivity contribution >= 4 is 18.0 Å². The van der Waals surface area contributed by atoms with Crippen LogP contribution in [0.25, 0.3) is 6.08 Å². The molecule has 0 heterocycles. The maximum absolute atomic E-state index is 12.1. The zero-order valence-electron chi connectivity index (χ0n) is 15.9. The van der Waals surface area contributed by atoms with E-state index in [1.807, 2.05) is 18.2 Å². The van der Waals surface area contributed by atoms with Crippen LogP contribution in [0.3, 0.4) is 0 Å². The van der Waals surface area contributed by atoms with Crippen molar-refractivity contribution < 1.29 is 23.8 Å². The Morgan fingerprint density at radius 3 is 2.68 bits per heavy atom. The first-order chi connectivity index (χ1) is 13.6. The number of nitrogens with one attached hydrogen (secondary N) is 1. The van der Waals surface area contributed by atoms with Crippen molar-refractivity contribution in [2.75, 3.05) is 20.8 Å². The highest BCUT2D eigenvalue weighted by Crippen LogP contribution is 2.30. The van der Waals surface area contributed by atoms with Gasteiger partial charge in [-0.15, -0.1) is 0 Å². The first-order valence-corrected chi connectivity index (χ1v) is 9.04. The van der Waals surface area contributed by atoms with Gasteiger partial charge in [0.2, 0.25) is 0 Å². The van der Waals surface area contributed by atoms with Gasteiger partial charge in [-0.1, -0.05) is 30.3 Å². The van der Waals surface area contributed by atoms with Gasteiger partial charge in [0.15, 0.2) is 18.1 Å². The molecule has 6 nitrogen and oxygen atoms in total. The molecule has 0 radical (unpaired) electrons. The molecule has 0 saturated heterocycles. The Morgan fingerprint density at radius 2 is 1.89 bits per heavy atom. The number of carbonyl (C=O) groups excluding carboxylic acids is 2. The summed E-state index contributed by atoms with van der Waals surface area (Å²) >= 11 is 0. The lowest BCUT2D eigenvalue weighted by atomic mass is 10.1. The van der Waals surface area contributed by atoms with E-state index >= 15 is 0 Å². The number of ether oxygens (including phenoxy) is 3. The highest BCUT2D eigenvalue weighted by atomic mass is 16.5. The van der Waals surface area contributed by atoms with Crippen LogP contribution >= 0.6 is 0 Å². The summed E-state index contributed by atoms with van der Waals surface area (Å²) in [5, 5.41) is 2.92. The molecule has 0 aromatic heterocycles. The molecule has 0 saturated carbocycles. The Bertz CT molecular complexity index is 890. The van der Waals surface area contributed by atoms with Crippen molar-refractivity contribution in [1.82, 2.24) is 5.32 Å². The van der Waals surface area contributed by atoms with Crippen molar-refractivity contribution in [3.05, 3.63) is 65.2 Å². The lowest BCUT2D eigenvalue weighted by molar-refractivity contribution is -0.144.